The zero-order valence-electron chi connectivity index (χ0n) is 11.7. The molecule has 1 aromatic heterocycles. The van der Waals surface area contributed by atoms with E-state index in [1.807, 2.05) is 19.1 Å². The van der Waals surface area contributed by atoms with Crippen LogP contribution in [0.15, 0.2) is 48.7 Å². The van der Waals surface area contributed by atoms with E-state index in [0.717, 1.165) is 27.8 Å². The van der Waals surface area contributed by atoms with Crippen LogP contribution in [0.2, 0.25) is 5.02 Å². The largest absolute Gasteiger partial charge is 0.355 e. The number of hydrogen-bond donors (Lipinski definition) is 1. The van der Waals surface area contributed by atoms with Crippen LogP contribution < -0.4 is 5.32 Å². The Morgan fingerprint density at radius 1 is 1.14 bits per heavy atom. The lowest BCUT2D eigenvalue weighted by Crippen LogP contribution is -1.96. The van der Waals surface area contributed by atoms with Crippen molar-refractivity contribution in [1.29, 1.82) is 0 Å². The molecule has 3 rings (SSSR count). The van der Waals surface area contributed by atoms with E-state index >= 15 is 0 Å². The predicted molar refractivity (Wildman–Crippen MR) is 87.9 cm³/mol. The summed E-state index contributed by atoms with van der Waals surface area (Å²) >= 11 is 5.98. The number of aromatic nitrogens is 1. The van der Waals surface area contributed by atoms with E-state index in [1.54, 1.807) is 30.5 Å². The minimum absolute atomic E-state index is 0.0782. The van der Waals surface area contributed by atoms with Gasteiger partial charge in [0, 0.05) is 40.1 Å². The number of halogens is 1. The topological polar surface area (TPSA) is 68.1 Å². The molecule has 0 amide bonds. The van der Waals surface area contributed by atoms with Crippen molar-refractivity contribution in [2.24, 2.45) is 0 Å². The van der Waals surface area contributed by atoms with Gasteiger partial charge in [0.15, 0.2) is 0 Å². The molecule has 1 heterocycles. The van der Waals surface area contributed by atoms with E-state index in [0.29, 0.717) is 5.02 Å². The maximum atomic E-state index is 10.8. The summed E-state index contributed by atoms with van der Waals surface area (Å²) in [5.41, 5.74) is 3.35. The van der Waals surface area contributed by atoms with Crippen LogP contribution in [0, 0.1) is 17.0 Å². The molecule has 0 aliphatic carbocycles. The molecule has 6 heteroatoms. The monoisotopic (exact) mass is 313 g/mol. The van der Waals surface area contributed by atoms with Gasteiger partial charge in [0.1, 0.15) is 0 Å². The molecule has 3 aromatic rings. The highest BCUT2D eigenvalue weighted by Crippen LogP contribution is 2.29. The van der Waals surface area contributed by atoms with Crippen LogP contribution in [0.4, 0.5) is 17.1 Å². The molecule has 0 aliphatic heterocycles. The first-order chi connectivity index (χ1) is 10.5. The van der Waals surface area contributed by atoms with Crippen LogP contribution in [0.25, 0.3) is 10.9 Å². The van der Waals surface area contributed by atoms with E-state index in [-0.39, 0.29) is 5.69 Å². The zero-order chi connectivity index (χ0) is 15.7. The summed E-state index contributed by atoms with van der Waals surface area (Å²) in [5.74, 6) is 0. The minimum Gasteiger partial charge on any atom is -0.355 e. The van der Waals surface area contributed by atoms with Crippen LogP contribution in [0.3, 0.4) is 0 Å². The molecule has 110 valence electrons. The fraction of sp³-hybridized carbons (Fsp3) is 0.0625. The average Bonchev–Trinajstić information content (AvgIpc) is 2.49. The molecule has 0 saturated carbocycles. The molecule has 0 saturated heterocycles. The minimum atomic E-state index is -0.402. The van der Waals surface area contributed by atoms with Crippen LogP contribution in [-0.2, 0) is 0 Å². The van der Waals surface area contributed by atoms with Crippen LogP contribution in [0.1, 0.15) is 5.56 Å². The van der Waals surface area contributed by atoms with E-state index < -0.39 is 4.92 Å². The summed E-state index contributed by atoms with van der Waals surface area (Å²) in [6.07, 6.45) is 1.70. The van der Waals surface area contributed by atoms with Gasteiger partial charge in [0.05, 0.1) is 10.4 Å². The molecule has 0 unspecified atom stereocenters. The van der Waals surface area contributed by atoms with Gasteiger partial charge in [-0.25, -0.2) is 0 Å². The molecule has 0 fully saturated rings. The summed E-state index contributed by atoms with van der Waals surface area (Å²) in [5, 5.41) is 15.7. The number of fused-ring (bicyclic) bond motifs is 1. The smallest absolute Gasteiger partial charge is 0.269 e. The van der Waals surface area contributed by atoms with Crippen molar-refractivity contribution < 1.29 is 4.92 Å². The number of nitro groups is 1. The SMILES string of the molecule is Cc1cc([N+](=O)[O-])ccc1Nc1ccnc2cc(Cl)ccc12. The Kier molecular flexibility index (Phi) is 3.65. The summed E-state index contributed by atoms with van der Waals surface area (Å²) < 4.78 is 0. The number of rotatable bonds is 3. The van der Waals surface area contributed by atoms with Crippen molar-refractivity contribution in [2.45, 2.75) is 6.92 Å². The first-order valence-electron chi connectivity index (χ1n) is 6.61. The maximum absolute atomic E-state index is 10.8. The average molecular weight is 314 g/mol. The third kappa shape index (κ3) is 2.71. The predicted octanol–water partition coefficient (Wildman–Crippen LogP) is 4.85. The van der Waals surface area contributed by atoms with Gasteiger partial charge in [-0.2, -0.15) is 0 Å². The summed E-state index contributed by atoms with van der Waals surface area (Å²) in [7, 11) is 0. The third-order valence-corrected chi connectivity index (χ3v) is 3.63. The summed E-state index contributed by atoms with van der Waals surface area (Å²) in [6, 6.07) is 12.1. The molecule has 5 nitrogen and oxygen atoms in total. The molecule has 0 radical (unpaired) electrons. The molecule has 0 spiro atoms. The van der Waals surface area contributed by atoms with Crippen molar-refractivity contribution in [3.8, 4) is 0 Å². The highest BCUT2D eigenvalue weighted by atomic mass is 35.5. The fourth-order valence-corrected chi connectivity index (χ4v) is 2.44. The fourth-order valence-electron chi connectivity index (χ4n) is 2.28. The van der Waals surface area contributed by atoms with Gasteiger partial charge < -0.3 is 5.32 Å². The second-order valence-corrected chi connectivity index (χ2v) is 5.34. The van der Waals surface area contributed by atoms with Gasteiger partial charge in [-0.1, -0.05) is 11.6 Å². The van der Waals surface area contributed by atoms with Crippen molar-refractivity contribution in [2.75, 3.05) is 5.32 Å². The molecular weight excluding hydrogens is 302 g/mol. The van der Waals surface area contributed by atoms with Crippen molar-refractivity contribution in [3.05, 3.63) is 69.4 Å². The number of non-ortho nitro benzene ring substituents is 1. The van der Waals surface area contributed by atoms with E-state index in [4.69, 9.17) is 11.6 Å². The molecule has 22 heavy (non-hydrogen) atoms. The second kappa shape index (κ2) is 5.61. The highest BCUT2D eigenvalue weighted by Gasteiger charge is 2.09. The quantitative estimate of drug-likeness (QED) is 0.554. The number of anilines is 2. The summed E-state index contributed by atoms with van der Waals surface area (Å²) in [4.78, 5) is 14.7. The van der Waals surface area contributed by atoms with E-state index in [2.05, 4.69) is 10.3 Å². The highest BCUT2D eigenvalue weighted by molar-refractivity contribution is 6.31. The van der Waals surface area contributed by atoms with Gasteiger partial charge in [-0.15, -0.1) is 0 Å². The standard InChI is InChI=1S/C16H12ClN3O2/c1-10-8-12(20(21)22)3-5-14(10)19-15-6-7-18-16-9-11(17)2-4-13(15)16/h2-9H,1H3,(H,18,19). The Balaban J connectivity index is 2.02. The Hall–Kier alpha value is -2.66. The van der Waals surface area contributed by atoms with Crippen LogP contribution >= 0.6 is 11.6 Å². The Labute approximate surface area is 131 Å². The van der Waals surface area contributed by atoms with Gasteiger partial charge in [0.2, 0.25) is 0 Å². The number of pyridine rings is 1. The lowest BCUT2D eigenvalue weighted by molar-refractivity contribution is -0.384. The normalized spacial score (nSPS) is 10.6. The number of nitro benzene ring substituents is 1. The van der Waals surface area contributed by atoms with Gasteiger partial charge in [-0.3, -0.25) is 15.1 Å². The molecule has 1 N–H and O–H groups in total. The van der Waals surface area contributed by atoms with E-state index in [1.165, 1.54) is 6.07 Å². The van der Waals surface area contributed by atoms with Crippen molar-refractivity contribution in [3.63, 3.8) is 0 Å². The number of nitrogens with zero attached hydrogens (tertiary/aromatic N) is 2. The molecule has 0 bridgehead atoms. The first-order valence-corrected chi connectivity index (χ1v) is 6.99. The third-order valence-electron chi connectivity index (χ3n) is 3.39. The molecule has 0 aliphatic rings. The first kappa shape index (κ1) is 14.3. The Morgan fingerprint density at radius 2 is 1.95 bits per heavy atom. The van der Waals surface area contributed by atoms with Gasteiger partial charge in [-0.05, 0) is 42.8 Å². The lowest BCUT2D eigenvalue weighted by Gasteiger charge is -2.11. The maximum Gasteiger partial charge on any atom is 0.269 e. The number of benzene rings is 2. The second-order valence-electron chi connectivity index (χ2n) is 4.90. The number of hydrogen-bond acceptors (Lipinski definition) is 4. The molecule has 2 aromatic carbocycles. The number of nitrogens with one attached hydrogen (secondary N) is 1. The lowest BCUT2D eigenvalue weighted by atomic mass is 10.1. The summed E-state index contributed by atoms with van der Waals surface area (Å²) in [6.45, 7) is 1.83. The molecule has 0 atom stereocenters. The zero-order valence-corrected chi connectivity index (χ0v) is 12.5. The van der Waals surface area contributed by atoms with Gasteiger partial charge in [0.25, 0.3) is 5.69 Å². The van der Waals surface area contributed by atoms with E-state index in [9.17, 15) is 10.1 Å². The van der Waals surface area contributed by atoms with Crippen molar-refractivity contribution in [1.82, 2.24) is 4.98 Å². The van der Waals surface area contributed by atoms with Crippen LogP contribution in [0.5, 0.6) is 0 Å². The van der Waals surface area contributed by atoms with Gasteiger partial charge >= 0.3 is 0 Å². The number of aryl methyl sites for hydroxylation is 1. The van der Waals surface area contributed by atoms with Crippen molar-refractivity contribution >= 4 is 39.6 Å². The molecular formula is C16H12ClN3O2. The van der Waals surface area contributed by atoms with Crippen LogP contribution in [-0.4, -0.2) is 9.91 Å². The Morgan fingerprint density at radius 3 is 2.68 bits per heavy atom. The Bertz CT molecular complexity index is 880.